The van der Waals surface area contributed by atoms with Crippen molar-refractivity contribution in [3.63, 3.8) is 0 Å². The normalized spacial score (nSPS) is 12.6. The van der Waals surface area contributed by atoms with E-state index in [0.717, 1.165) is 52.7 Å². The van der Waals surface area contributed by atoms with Crippen LogP contribution in [0.15, 0.2) is 35.5 Å². The first-order valence-corrected chi connectivity index (χ1v) is 12.5. The molecule has 2 rings (SSSR count). The van der Waals surface area contributed by atoms with Gasteiger partial charge in [-0.3, -0.25) is 0 Å². The zero-order chi connectivity index (χ0) is 25.5. The lowest BCUT2D eigenvalue weighted by atomic mass is 10.1. The zero-order valence-electron chi connectivity index (χ0n) is 21.6. The van der Waals surface area contributed by atoms with Gasteiger partial charge in [-0.05, 0) is 29.3 Å². The van der Waals surface area contributed by atoms with E-state index in [1.165, 1.54) is 6.42 Å². The summed E-state index contributed by atoms with van der Waals surface area (Å²) in [6.45, 7) is 12.5. The molecule has 1 aromatic carbocycles. The smallest absolute Gasteiger partial charge is 0.152 e. The van der Waals surface area contributed by atoms with Crippen molar-refractivity contribution >= 4 is 18.2 Å². The van der Waals surface area contributed by atoms with Gasteiger partial charge in [0.1, 0.15) is 11.6 Å². The van der Waals surface area contributed by atoms with E-state index in [1.807, 2.05) is 25.3 Å². The van der Waals surface area contributed by atoms with E-state index in [1.54, 1.807) is 7.11 Å². The number of nitrogens with two attached hydrogens (primary N) is 2. The maximum Gasteiger partial charge on any atom is 0.152 e. The van der Waals surface area contributed by atoms with Gasteiger partial charge < -0.3 is 35.6 Å². The van der Waals surface area contributed by atoms with Gasteiger partial charge in [-0.25, -0.2) is 4.99 Å². The molecule has 194 valence electrons. The minimum absolute atomic E-state index is 0.491. The monoisotopic (exact) mass is 485 g/mol. The van der Waals surface area contributed by atoms with Crippen LogP contribution in [0.4, 0.5) is 0 Å². The molecule has 0 unspecified atom stereocenters. The number of unbranched alkanes of at least 4 members (excludes halogenated alkanes) is 2. The molecule has 0 amide bonds. The van der Waals surface area contributed by atoms with E-state index in [0.29, 0.717) is 51.8 Å². The summed E-state index contributed by atoms with van der Waals surface area (Å²) in [7, 11) is 1.69. The van der Waals surface area contributed by atoms with Gasteiger partial charge in [0, 0.05) is 31.3 Å². The average Bonchev–Trinajstić information content (AvgIpc) is 3.23. The summed E-state index contributed by atoms with van der Waals surface area (Å²) < 4.78 is 18.9. The van der Waals surface area contributed by atoms with Crippen LogP contribution in [0.25, 0.3) is 12.4 Å². The number of amidine groups is 1. The largest absolute Gasteiger partial charge is 0.496 e. The minimum Gasteiger partial charge on any atom is -0.496 e. The highest BCUT2D eigenvalue weighted by molar-refractivity contribution is 5.83. The van der Waals surface area contributed by atoms with Crippen LogP contribution >= 0.6 is 0 Å². The number of nitrogens with zero attached hydrogens (tertiary/aromatic N) is 2. The molecule has 0 aliphatic rings. The molecule has 0 radical (unpaired) electrons. The molecule has 0 saturated carbocycles. The summed E-state index contributed by atoms with van der Waals surface area (Å²) in [5.41, 5.74) is 13.6. The Kier molecular flexibility index (Phi) is 13.0. The molecule has 5 N–H and O–H groups in total. The van der Waals surface area contributed by atoms with Crippen LogP contribution in [-0.2, 0) is 22.6 Å². The number of ether oxygens (including phenoxy) is 3. The molecule has 0 atom stereocenters. The first kappa shape index (κ1) is 28.4. The lowest BCUT2D eigenvalue weighted by Crippen LogP contribution is -2.36. The molecule has 1 aromatic heterocycles. The fraction of sp³-hybridized carbons (Fsp3) is 0.519. The SMILES string of the molecule is C=c1ccn(Cc2ccc(COCCOCCN)cc2OC)/c1=C(/N=C(/N)CC)NCCCCC. The van der Waals surface area contributed by atoms with Crippen molar-refractivity contribution in [2.45, 2.75) is 52.7 Å². The predicted octanol–water partition coefficient (Wildman–Crippen LogP) is 2.06. The van der Waals surface area contributed by atoms with Crippen LogP contribution in [0.2, 0.25) is 0 Å². The number of hydrogen-bond acceptors (Lipinski definition) is 6. The third-order valence-corrected chi connectivity index (χ3v) is 5.56. The van der Waals surface area contributed by atoms with Crippen LogP contribution in [0.1, 0.15) is 50.7 Å². The summed E-state index contributed by atoms with van der Waals surface area (Å²) in [6, 6.07) is 8.16. The molecule has 0 aliphatic heterocycles. The van der Waals surface area contributed by atoms with Gasteiger partial charge >= 0.3 is 0 Å². The lowest BCUT2D eigenvalue weighted by Gasteiger charge is -2.14. The quantitative estimate of drug-likeness (QED) is 0.180. The highest BCUT2D eigenvalue weighted by atomic mass is 16.5. The Balaban J connectivity index is 2.25. The first-order valence-electron chi connectivity index (χ1n) is 12.5. The summed E-state index contributed by atoms with van der Waals surface area (Å²) in [6.07, 6.45) is 6.12. The fourth-order valence-electron chi connectivity index (χ4n) is 3.60. The molecule has 1 heterocycles. The van der Waals surface area contributed by atoms with E-state index >= 15 is 0 Å². The number of aromatic nitrogens is 1. The average molecular weight is 486 g/mol. The second-order valence-electron chi connectivity index (χ2n) is 8.36. The molecule has 8 nitrogen and oxygen atoms in total. The van der Waals surface area contributed by atoms with Gasteiger partial charge in [-0.1, -0.05) is 45.4 Å². The molecule has 35 heavy (non-hydrogen) atoms. The van der Waals surface area contributed by atoms with Crippen molar-refractivity contribution in [3.8, 4) is 5.75 Å². The number of nitrogens with one attached hydrogen (secondary N) is 1. The number of methoxy groups -OCH3 is 1. The van der Waals surface area contributed by atoms with Crippen LogP contribution in [0.5, 0.6) is 5.75 Å². The van der Waals surface area contributed by atoms with E-state index in [9.17, 15) is 0 Å². The van der Waals surface area contributed by atoms with Crippen molar-refractivity contribution in [1.82, 2.24) is 9.88 Å². The second-order valence-corrected chi connectivity index (χ2v) is 8.36. The number of benzene rings is 1. The van der Waals surface area contributed by atoms with Gasteiger partial charge in [-0.2, -0.15) is 0 Å². The van der Waals surface area contributed by atoms with Gasteiger partial charge in [0.25, 0.3) is 0 Å². The maximum absolute atomic E-state index is 6.11. The van der Waals surface area contributed by atoms with Gasteiger partial charge in [0.2, 0.25) is 0 Å². The van der Waals surface area contributed by atoms with Crippen molar-refractivity contribution in [2.75, 3.05) is 40.0 Å². The zero-order valence-corrected chi connectivity index (χ0v) is 21.6. The van der Waals surface area contributed by atoms with Crippen LogP contribution < -0.4 is 32.1 Å². The Hall–Kier alpha value is -2.81. The molecular weight excluding hydrogens is 442 g/mol. The molecule has 0 spiro atoms. The van der Waals surface area contributed by atoms with E-state index in [4.69, 9.17) is 25.7 Å². The predicted molar refractivity (Wildman–Crippen MR) is 144 cm³/mol. The molecule has 2 aromatic rings. The van der Waals surface area contributed by atoms with Crippen molar-refractivity contribution in [3.05, 3.63) is 52.2 Å². The third kappa shape index (κ3) is 9.39. The van der Waals surface area contributed by atoms with Crippen LogP contribution in [-0.4, -0.2) is 50.4 Å². The fourth-order valence-corrected chi connectivity index (χ4v) is 3.60. The Morgan fingerprint density at radius 2 is 1.91 bits per heavy atom. The second kappa shape index (κ2) is 16.0. The summed E-state index contributed by atoms with van der Waals surface area (Å²) >= 11 is 0. The van der Waals surface area contributed by atoms with Gasteiger partial charge in [0.05, 0.1) is 45.4 Å². The highest BCUT2D eigenvalue weighted by Gasteiger charge is 2.09. The van der Waals surface area contributed by atoms with Gasteiger partial charge in [0.15, 0.2) is 5.82 Å². The summed E-state index contributed by atoms with van der Waals surface area (Å²) in [5, 5.41) is 5.33. The van der Waals surface area contributed by atoms with Crippen molar-refractivity contribution < 1.29 is 14.2 Å². The number of hydrogen-bond donors (Lipinski definition) is 3. The standard InChI is InChI=1S/C27H43N5O3/c1-5-7-8-13-30-27(31-25(29)6-2)26-21(3)11-14-32(26)19-23-10-9-22(18-24(23)33-4)20-35-17-16-34-15-12-28/h9-11,14,18,30H,3,5-8,12-13,15-17,19-20,28H2,1-2,4H3,(H2,29,31)/b27-26+. The molecule has 0 saturated heterocycles. The third-order valence-electron chi connectivity index (χ3n) is 5.56. The van der Waals surface area contributed by atoms with E-state index < -0.39 is 0 Å². The Morgan fingerprint density at radius 1 is 1.11 bits per heavy atom. The van der Waals surface area contributed by atoms with Crippen molar-refractivity contribution in [1.29, 1.82) is 0 Å². The molecule has 0 bridgehead atoms. The Morgan fingerprint density at radius 3 is 2.63 bits per heavy atom. The van der Waals surface area contributed by atoms with E-state index in [2.05, 4.69) is 40.5 Å². The van der Waals surface area contributed by atoms with E-state index in [-0.39, 0.29) is 0 Å². The lowest BCUT2D eigenvalue weighted by molar-refractivity contribution is 0.0433. The summed E-state index contributed by atoms with van der Waals surface area (Å²) in [5.74, 6) is 2.16. The van der Waals surface area contributed by atoms with Crippen molar-refractivity contribution in [2.24, 2.45) is 16.5 Å². The first-order chi connectivity index (χ1) is 17.0. The summed E-state index contributed by atoms with van der Waals surface area (Å²) in [4.78, 5) is 4.69. The van der Waals surface area contributed by atoms with Gasteiger partial charge in [-0.15, -0.1) is 0 Å². The highest BCUT2D eigenvalue weighted by Crippen LogP contribution is 2.21. The maximum atomic E-state index is 6.11. The molecule has 0 aliphatic carbocycles. The topological polar surface area (TPSA) is 109 Å². The molecule has 8 heteroatoms. The Bertz CT molecular complexity index is 1030. The number of aliphatic imine (C=N–C) groups is 1. The Labute approximate surface area is 209 Å². The van der Waals surface area contributed by atoms with Crippen LogP contribution in [0, 0.1) is 0 Å². The minimum atomic E-state index is 0.491. The molecule has 0 fully saturated rings. The number of rotatable bonds is 17. The molecular formula is C27H43N5O3. The van der Waals surface area contributed by atoms with Crippen LogP contribution in [0.3, 0.4) is 0 Å².